The first-order valence-electron chi connectivity index (χ1n) is 10.4. The van der Waals surface area contributed by atoms with E-state index in [-0.39, 0.29) is 12.0 Å². The van der Waals surface area contributed by atoms with Crippen LogP contribution in [-0.4, -0.2) is 34.7 Å². The van der Waals surface area contributed by atoms with Crippen LogP contribution in [0.25, 0.3) is 11.0 Å². The van der Waals surface area contributed by atoms with Gasteiger partial charge in [0.2, 0.25) is 5.91 Å². The van der Waals surface area contributed by atoms with Crippen LogP contribution < -0.4 is 5.32 Å². The number of fused-ring (bicyclic) bond motifs is 1. The van der Waals surface area contributed by atoms with E-state index >= 15 is 0 Å². The third kappa shape index (κ3) is 4.20. The highest BCUT2D eigenvalue weighted by atomic mass is 16.5. The van der Waals surface area contributed by atoms with Crippen LogP contribution in [0.15, 0.2) is 36.4 Å². The molecule has 1 unspecified atom stereocenters. The van der Waals surface area contributed by atoms with Gasteiger partial charge in [0.05, 0.1) is 11.0 Å². The summed E-state index contributed by atoms with van der Waals surface area (Å²) in [4.78, 5) is 17.1. The highest BCUT2D eigenvalue weighted by Gasteiger charge is 2.23. The molecule has 0 spiro atoms. The van der Waals surface area contributed by atoms with E-state index < -0.39 is 0 Å². The Morgan fingerprint density at radius 2 is 1.97 bits per heavy atom. The lowest BCUT2D eigenvalue weighted by molar-refractivity contribution is -0.130. The Bertz CT molecular complexity index is 1010. The standard InChI is InChI=1S/C24H29N3O2/c1-16-13-17(2)19(18(3)14-16)15-27-21-8-5-4-7-20(21)26-23(27)10-11-25-24(28)22-9-6-12-29-22/h4-5,7-8,13-14,22H,6,9-12,15H2,1-3H3,(H,25,28). The molecule has 0 saturated carbocycles. The second-order valence-electron chi connectivity index (χ2n) is 8.02. The summed E-state index contributed by atoms with van der Waals surface area (Å²) in [6, 6.07) is 12.7. The van der Waals surface area contributed by atoms with Crippen molar-refractivity contribution in [2.75, 3.05) is 13.2 Å². The number of aromatic nitrogens is 2. The number of ether oxygens (including phenoxy) is 1. The predicted octanol–water partition coefficient (Wildman–Crippen LogP) is 3.85. The molecule has 29 heavy (non-hydrogen) atoms. The number of carbonyl (C=O) groups is 1. The molecule has 2 heterocycles. The molecule has 1 aliphatic heterocycles. The Morgan fingerprint density at radius 1 is 1.21 bits per heavy atom. The van der Waals surface area contributed by atoms with Gasteiger partial charge < -0.3 is 14.6 Å². The van der Waals surface area contributed by atoms with Crippen molar-refractivity contribution in [2.45, 2.75) is 52.7 Å². The Labute approximate surface area is 172 Å². The van der Waals surface area contributed by atoms with Gasteiger partial charge in [-0.25, -0.2) is 4.98 Å². The number of aryl methyl sites for hydroxylation is 3. The van der Waals surface area contributed by atoms with Gasteiger partial charge in [-0.2, -0.15) is 0 Å². The Kier molecular flexibility index (Phi) is 5.67. The molecule has 4 rings (SSSR count). The molecule has 1 fully saturated rings. The molecule has 0 aliphatic carbocycles. The van der Waals surface area contributed by atoms with Gasteiger partial charge in [0.15, 0.2) is 0 Å². The Hall–Kier alpha value is -2.66. The van der Waals surface area contributed by atoms with Crippen molar-refractivity contribution < 1.29 is 9.53 Å². The molecule has 1 aromatic heterocycles. The first-order chi connectivity index (χ1) is 14.0. The summed E-state index contributed by atoms with van der Waals surface area (Å²) in [6.07, 6.45) is 2.18. The van der Waals surface area contributed by atoms with E-state index in [0.717, 1.165) is 36.2 Å². The number of nitrogens with zero attached hydrogens (tertiary/aromatic N) is 2. The van der Waals surface area contributed by atoms with Crippen LogP contribution in [0.3, 0.4) is 0 Å². The third-order valence-electron chi connectivity index (χ3n) is 5.76. The molecule has 3 aromatic rings. The minimum atomic E-state index is -0.285. The summed E-state index contributed by atoms with van der Waals surface area (Å²) >= 11 is 0. The SMILES string of the molecule is Cc1cc(C)c(Cn2c(CCNC(=O)C3CCCO3)nc3ccccc32)c(C)c1. The van der Waals surface area contributed by atoms with Gasteiger partial charge >= 0.3 is 0 Å². The van der Waals surface area contributed by atoms with Crippen LogP contribution >= 0.6 is 0 Å². The lowest BCUT2D eigenvalue weighted by Gasteiger charge is -2.15. The number of benzene rings is 2. The molecule has 1 amide bonds. The molecule has 152 valence electrons. The second kappa shape index (κ2) is 8.37. The van der Waals surface area contributed by atoms with Gasteiger partial charge in [-0.15, -0.1) is 0 Å². The zero-order chi connectivity index (χ0) is 20.4. The van der Waals surface area contributed by atoms with Gasteiger partial charge in [-0.1, -0.05) is 29.8 Å². The van der Waals surface area contributed by atoms with Crippen molar-refractivity contribution in [3.8, 4) is 0 Å². The Balaban J connectivity index is 1.57. The first-order valence-corrected chi connectivity index (χ1v) is 10.4. The summed E-state index contributed by atoms with van der Waals surface area (Å²) in [7, 11) is 0. The minimum Gasteiger partial charge on any atom is -0.368 e. The number of nitrogens with one attached hydrogen (secondary N) is 1. The number of rotatable bonds is 6. The Morgan fingerprint density at radius 3 is 2.69 bits per heavy atom. The maximum absolute atomic E-state index is 12.2. The number of imidazole rings is 1. The number of hydrogen-bond donors (Lipinski definition) is 1. The summed E-state index contributed by atoms with van der Waals surface area (Å²) in [6.45, 7) is 8.52. The highest BCUT2D eigenvalue weighted by molar-refractivity contribution is 5.81. The lowest BCUT2D eigenvalue weighted by atomic mass is 9.99. The maximum atomic E-state index is 12.2. The monoisotopic (exact) mass is 391 g/mol. The van der Waals surface area contributed by atoms with Gasteiger partial charge in [0, 0.05) is 26.1 Å². The van der Waals surface area contributed by atoms with E-state index in [9.17, 15) is 4.79 Å². The number of amides is 1. The minimum absolute atomic E-state index is 0.00427. The molecular formula is C24H29N3O2. The molecule has 5 nitrogen and oxygen atoms in total. The van der Waals surface area contributed by atoms with Gasteiger partial charge in [-0.3, -0.25) is 4.79 Å². The van der Waals surface area contributed by atoms with Crippen LogP contribution in [0.2, 0.25) is 0 Å². The largest absolute Gasteiger partial charge is 0.368 e. The second-order valence-corrected chi connectivity index (χ2v) is 8.02. The quantitative estimate of drug-likeness (QED) is 0.694. The van der Waals surface area contributed by atoms with Crippen LogP contribution in [0, 0.1) is 20.8 Å². The average Bonchev–Trinajstić information content (AvgIpc) is 3.33. The van der Waals surface area contributed by atoms with Crippen molar-refractivity contribution in [1.82, 2.24) is 14.9 Å². The van der Waals surface area contributed by atoms with Crippen molar-refractivity contribution in [2.24, 2.45) is 0 Å². The van der Waals surface area contributed by atoms with Crippen molar-refractivity contribution in [1.29, 1.82) is 0 Å². The highest BCUT2D eigenvalue weighted by Crippen LogP contribution is 2.23. The fraction of sp³-hybridized carbons (Fsp3) is 0.417. The van der Waals surface area contributed by atoms with E-state index in [0.29, 0.717) is 19.6 Å². The summed E-state index contributed by atoms with van der Waals surface area (Å²) in [5, 5.41) is 3.02. The zero-order valence-electron chi connectivity index (χ0n) is 17.5. The van der Waals surface area contributed by atoms with E-state index in [1.54, 1.807) is 0 Å². The molecular weight excluding hydrogens is 362 g/mol. The third-order valence-corrected chi connectivity index (χ3v) is 5.76. The molecule has 5 heteroatoms. The molecule has 1 saturated heterocycles. The summed E-state index contributed by atoms with van der Waals surface area (Å²) in [5.74, 6) is 0.994. The zero-order valence-corrected chi connectivity index (χ0v) is 17.5. The smallest absolute Gasteiger partial charge is 0.249 e. The first kappa shape index (κ1) is 19.6. The van der Waals surface area contributed by atoms with Crippen LogP contribution in [0.4, 0.5) is 0 Å². The fourth-order valence-electron chi connectivity index (χ4n) is 4.31. The molecule has 1 atom stereocenters. The van der Waals surface area contributed by atoms with E-state index in [4.69, 9.17) is 9.72 Å². The topological polar surface area (TPSA) is 56.2 Å². The van der Waals surface area contributed by atoms with Crippen molar-refractivity contribution >= 4 is 16.9 Å². The van der Waals surface area contributed by atoms with E-state index in [1.165, 1.54) is 22.3 Å². The average molecular weight is 392 g/mol. The van der Waals surface area contributed by atoms with Crippen LogP contribution in [0.5, 0.6) is 0 Å². The van der Waals surface area contributed by atoms with Gasteiger partial charge in [0.1, 0.15) is 11.9 Å². The number of carbonyl (C=O) groups excluding carboxylic acids is 1. The molecule has 1 N–H and O–H groups in total. The van der Waals surface area contributed by atoms with E-state index in [2.05, 4.69) is 61.0 Å². The molecule has 0 radical (unpaired) electrons. The lowest BCUT2D eigenvalue weighted by Crippen LogP contribution is -2.35. The number of para-hydroxylation sites is 2. The fourth-order valence-corrected chi connectivity index (χ4v) is 4.31. The summed E-state index contributed by atoms with van der Waals surface area (Å²) in [5.41, 5.74) is 7.36. The normalized spacial score (nSPS) is 16.4. The molecule has 0 bridgehead atoms. The van der Waals surface area contributed by atoms with Crippen LogP contribution in [0.1, 0.15) is 40.9 Å². The van der Waals surface area contributed by atoms with E-state index in [1.807, 2.05) is 6.07 Å². The van der Waals surface area contributed by atoms with Gasteiger partial charge in [-0.05, 0) is 62.4 Å². The number of hydrogen-bond acceptors (Lipinski definition) is 3. The van der Waals surface area contributed by atoms with Crippen molar-refractivity contribution in [3.63, 3.8) is 0 Å². The van der Waals surface area contributed by atoms with Crippen LogP contribution in [-0.2, 0) is 22.5 Å². The van der Waals surface area contributed by atoms with Gasteiger partial charge in [0.25, 0.3) is 0 Å². The van der Waals surface area contributed by atoms with Crippen molar-refractivity contribution in [3.05, 3.63) is 64.5 Å². The molecule has 1 aliphatic rings. The summed E-state index contributed by atoms with van der Waals surface area (Å²) < 4.78 is 7.76. The molecule has 2 aromatic carbocycles. The maximum Gasteiger partial charge on any atom is 0.249 e. The predicted molar refractivity (Wildman–Crippen MR) is 115 cm³/mol.